The number of aromatic nitrogens is 4. The van der Waals surface area contributed by atoms with Crippen molar-refractivity contribution in [1.82, 2.24) is 25.5 Å². The molecular weight excluding hydrogens is 318 g/mol. The molecule has 2 heterocycles. The summed E-state index contributed by atoms with van der Waals surface area (Å²) in [4.78, 5) is 13.5. The predicted octanol–water partition coefficient (Wildman–Crippen LogP) is 1.85. The Labute approximate surface area is 139 Å². The summed E-state index contributed by atoms with van der Waals surface area (Å²) in [5.74, 6) is 0.306. The van der Waals surface area contributed by atoms with Crippen LogP contribution in [0.25, 0.3) is 11.4 Å². The van der Waals surface area contributed by atoms with Gasteiger partial charge in [-0.15, -0.1) is 10.2 Å². The van der Waals surface area contributed by atoms with Gasteiger partial charge in [-0.3, -0.25) is 4.79 Å². The van der Waals surface area contributed by atoms with Gasteiger partial charge in [0, 0.05) is 23.7 Å². The monoisotopic (exact) mass is 335 g/mol. The maximum Gasteiger partial charge on any atom is 0.246 e. The van der Waals surface area contributed by atoms with Crippen LogP contribution in [0.5, 0.6) is 0 Å². The molecule has 0 spiro atoms. The summed E-state index contributed by atoms with van der Waals surface area (Å²) in [6.45, 7) is 3.02. The molecule has 3 rings (SSSR count). The Morgan fingerprint density at radius 1 is 1.48 bits per heavy atom. The van der Waals surface area contributed by atoms with Crippen molar-refractivity contribution >= 4 is 17.5 Å². The molecule has 2 atom stereocenters. The third-order valence-corrected chi connectivity index (χ3v) is 4.04. The number of amides is 1. The third-order valence-electron chi connectivity index (χ3n) is 3.78. The van der Waals surface area contributed by atoms with E-state index in [0.29, 0.717) is 17.4 Å². The van der Waals surface area contributed by atoms with Gasteiger partial charge in [0.1, 0.15) is 6.04 Å². The number of rotatable bonds is 5. The molecule has 1 N–H and O–H groups in total. The second-order valence-corrected chi connectivity index (χ2v) is 5.93. The quantitative estimate of drug-likeness (QED) is 0.901. The van der Waals surface area contributed by atoms with Crippen LogP contribution in [0.2, 0.25) is 5.02 Å². The van der Waals surface area contributed by atoms with Gasteiger partial charge in [0.25, 0.3) is 0 Å². The van der Waals surface area contributed by atoms with Crippen molar-refractivity contribution in [2.75, 3.05) is 13.2 Å². The van der Waals surface area contributed by atoms with E-state index in [-0.39, 0.29) is 12.0 Å². The van der Waals surface area contributed by atoms with Crippen molar-refractivity contribution in [3.63, 3.8) is 0 Å². The number of ether oxygens (including phenoxy) is 1. The molecule has 0 aliphatic carbocycles. The number of halogens is 1. The zero-order valence-electron chi connectivity index (χ0n) is 12.8. The lowest BCUT2D eigenvalue weighted by Crippen LogP contribution is -2.36. The van der Waals surface area contributed by atoms with E-state index in [4.69, 9.17) is 16.3 Å². The largest absolute Gasteiger partial charge is 0.376 e. The summed E-state index contributed by atoms with van der Waals surface area (Å²) in [7, 11) is 0. The second kappa shape index (κ2) is 7.06. The number of hydrogen-bond acceptors (Lipinski definition) is 5. The third kappa shape index (κ3) is 3.86. The minimum Gasteiger partial charge on any atom is -0.376 e. The first-order chi connectivity index (χ1) is 11.1. The second-order valence-electron chi connectivity index (χ2n) is 5.50. The minimum atomic E-state index is -0.537. The highest BCUT2D eigenvalue weighted by Gasteiger charge is 2.21. The zero-order valence-corrected chi connectivity index (χ0v) is 13.5. The van der Waals surface area contributed by atoms with Crippen LogP contribution in [-0.2, 0) is 9.53 Å². The van der Waals surface area contributed by atoms with Gasteiger partial charge in [-0.05, 0) is 49.2 Å². The van der Waals surface area contributed by atoms with E-state index in [2.05, 4.69) is 20.7 Å². The summed E-state index contributed by atoms with van der Waals surface area (Å²) in [5.41, 5.74) is 0.799. The lowest BCUT2D eigenvalue weighted by Gasteiger charge is -2.13. The Kier molecular flexibility index (Phi) is 4.88. The molecule has 23 heavy (non-hydrogen) atoms. The molecule has 1 amide bonds. The topological polar surface area (TPSA) is 81.9 Å². The lowest BCUT2D eigenvalue weighted by atomic mass is 10.2. The fourth-order valence-corrected chi connectivity index (χ4v) is 2.50. The van der Waals surface area contributed by atoms with E-state index >= 15 is 0 Å². The fraction of sp³-hybridized carbons (Fsp3) is 0.467. The normalized spacial score (nSPS) is 18.8. The highest BCUT2D eigenvalue weighted by molar-refractivity contribution is 6.30. The van der Waals surface area contributed by atoms with E-state index in [1.54, 1.807) is 19.1 Å². The number of nitrogens with zero attached hydrogens (tertiary/aromatic N) is 4. The SMILES string of the molecule is C[C@@H](C(=O)NC[C@@H]1CCCO1)n1nnc(-c2ccc(Cl)cc2)n1. The van der Waals surface area contributed by atoms with Gasteiger partial charge in [0.05, 0.1) is 6.10 Å². The molecule has 1 aliphatic rings. The summed E-state index contributed by atoms with van der Waals surface area (Å²) in [6, 6.07) is 6.60. The number of tetrazole rings is 1. The van der Waals surface area contributed by atoms with Crippen LogP contribution in [0.1, 0.15) is 25.8 Å². The zero-order chi connectivity index (χ0) is 16.2. The Morgan fingerprint density at radius 2 is 2.26 bits per heavy atom. The van der Waals surface area contributed by atoms with E-state index < -0.39 is 6.04 Å². The summed E-state index contributed by atoms with van der Waals surface area (Å²) < 4.78 is 5.48. The van der Waals surface area contributed by atoms with Gasteiger partial charge in [-0.1, -0.05) is 11.6 Å². The van der Waals surface area contributed by atoms with Gasteiger partial charge in [-0.2, -0.15) is 4.80 Å². The molecule has 1 saturated heterocycles. The predicted molar refractivity (Wildman–Crippen MR) is 85.0 cm³/mol. The molecule has 0 unspecified atom stereocenters. The average molecular weight is 336 g/mol. The van der Waals surface area contributed by atoms with Crippen LogP contribution >= 0.6 is 11.6 Å². The molecule has 1 aromatic heterocycles. The number of carbonyl (C=O) groups is 1. The fourth-order valence-electron chi connectivity index (χ4n) is 2.38. The Hall–Kier alpha value is -1.99. The van der Waals surface area contributed by atoms with Gasteiger partial charge < -0.3 is 10.1 Å². The van der Waals surface area contributed by atoms with Gasteiger partial charge >= 0.3 is 0 Å². The van der Waals surface area contributed by atoms with Crippen molar-refractivity contribution in [2.24, 2.45) is 0 Å². The molecule has 1 fully saturated rings. The van der Waals surface area contributed by atoms with Crippen LogP contribution in [0.4, 0.5) is 0 Å². The van der Waals surface area contributed by atoms with E-state index in [0.717, 1.165) is 25.0 Å². The van der Waals surface area contributed by atoms with E-state index in [9.17, 15) is 4.79 Å². The molecular formula is C15H18ClN5O2. The van der Waals surface area contributed by atoms with Crippen LogP contribution in [0.15, 0.2) is 24.3 Å². The molecule has 1 aromatic carbocycles. The van der Waals surface area contributed by atoms with Gasteiger partial charge in [-0.25, -0.2) is 0 Å². The van der Waals surface area contributed by atoms with Crippen molar-refractivity contribution in [3.05, 3.63) is 29.3 Å². The highest BCUT2D eigenvalue weighted by Crippen LogP contribution is 2.18. The number of hydrogen-bond donors (Lipinski definition) is 1. The molecule has 122 valence electrons. The van der Waals surface area contributed by atoms with E-state index in [1.165, 1.54) is 4.80 Å². The van der Waals surface area contributed by atoms with Crippen LogP contribution < -0.4 is 5.32 Å². The summed E-state index contributed by atoms with van der Waals surface area (Å²) in [5, 5.41) is 15.7. The molecule has 2 aromatic rings. The Balaban J connectivity index is 1.62. The van der Waals surface area contributed by atoms with Crippen molar-refractivity contribution in [2.45, 2.75) is 31.9 Å². The number of carbonyl (C=O) groups excluding carboxylic acids is 1. The van der Waals surface area contributed by atoms with Crippen LogP contribution in [0, 0.1) is 0 Å². The highest BCUT2D eigenvalue weighted by atomic mass is 35.5. The van der Waals surface area contributed by atoms with Crippen LogP contribution in [0.3, 0.4) is 0 Å². The molecule has 0 radical (unpaired) electrons. The Morgan fingerprint density at radius 3 is 2.96 bits per heavy atom. The molecule has 7 nitrogen and oxygen atoms in total. The van der Waals surface area contributed by atoms with E-state index in [1.807, 2.05) is 12.1 Å². The molecule has 0 saturated carbocycles. The van der Waals surface area contributed by atoms with Crippen molar-refractivity contribution < 1.29 is 9.53 Å². The summed E-state index contributed by atoms with van der Waals surface area (Å²) in [6.07, 6.45) is 2.14. The molecule has 8 heteroatoms. The Bertz CT molecular complexity index is 667. The molecule has 1 aliphatic heterocycles. The standard InChI is InChI=1S/C15H18ClN5O2/c1-10(15(22)17-9-13-3-2-8-23-13)21-19-14(18-20-21)11-4-6-12(16)7-5-11/h4-7,10,13H,2-3,8-9H2,1H3,(H,17,22)/t10-,13-/m0/s1. The average Bonchev–Trinajstić information content (AvgIpc) is 3.24. The number of benzene rings is 1. The summed E-state index contributed by atoms with van der Waals surface area (Å²) >= 11 is 5.86. The minimum absolute atomic E-state index is 0.111. The van der Waals surface area contributed by atoms with Crippen molar-refractivity contribution in [1.29, 1.82) is 0 Å². The van der Waals surface area contributed by atoms with Gasteiger partial charge in [0.2, 0.25) is 11.7 Å². The first kappa shape index (κ1) is 15.9. The first-order valence-electron chi connectivity index (χ1n) is 7.58. The number of nitrogens with one attached hydrogen (secondary N) is 1. The van der Waals surface area contributed by atoms with Crippen molar-refractivity contribution in [3.8, 4) is 11.4 Å². The first-order valence-corrected chi connectivity index (χ1v) is 7.96. The van der Waals surface area contributed by atoms with Gasteiger partial charge in [0.15, 0.2) is 0 Å². The molecule has 0 bridgehead atoms. The smallest absolute Gasteiger partial charge is 0.246 e. The van der Waals surface area contributed by atoms with Crippen LogP contribution in [-0.4, -0.2) is 45.4 Å². The maximum absolute atomic E-state index is 12.2. The maximum atomic E-state index is 12.2. The lowest BCUT2D eigenvalue weighted by molar-refractivity contribution is -0.125.